The van der Waals surface area contributed by atoms with Gasteiger partial charge in [0.2, 0.25) is 5.91 Å². The number of nitrogens with two attached hydrogens (primary N) is 1. The van der Waals surface area contributed by atoms with Gasteiger partial charge in [0.1, 0.15) is 0 Å². The summed E-state index contributed by atoms with van der Waals surface area (Å²) in [6.07, 6.45) is 5.60. The summed E-state index contributed by atoms with van der Waals surface area (Å²) < 4.78 is 11.2. The lowest BCUT2D eigenvalue weighted by Crippen LogP contribution is -2.22. The average Bonchev–Trinajstić information content (AvgIpc) is 2.77. The van der Waals surface area contributed by atoms with Crippen LogP contribution in [-0.2, 0) is 11.3 Å². The summed E-state index contributed by atoms with van der Waals surface area (Å²) in [6, 6.07) is 5.83. The Morgan fingerprint density at radius 2 is 1.83 bits per heavy atom. The summed E-state index contributed by atoms with van der Waals surface area (Å²) in [5.74, 6) is 1.65. The summed E-state index contributed by atoms with van der Waals surface area (Å²) in [4.78, 5) is 11.8. The van der Waals surface area contributed by atoms with Crippen LogP contribution in [0.25, 0.3) is 0 Å². The van der Waals surface area contributed by atoms with E-state index in [-0.39, 0.29) is 18.3 Å². The summed E-state index contributed by atoms with van der Waals surface area (Å²) in [5.41, 5.74) is 6.47. The minimum atomic E-state index is 0. The molecule has 1 amide bonds. The highest BCUT2D eigenvalue weighted by Crippen LogP contribution is 2.30. The molecule has 0 radical (unpaired) electrons. The Hall–Kier alpha value is -1.46. The maximum absolute atomic E-state index is 11.8. The molecule has 1 aliphatic heterocycles. The molecule has 2 rings (SSSR count). The van der Waals surface area contributed by atoms with Gasteiger partial charge in [0, 0.05) is 19.4 Å². The molecule has 5 nitrogen and oxygen atoms in total. The monoisotopic (exact) mass is 342 g/mol. The predicted octanol–water partition coefficient (Wildman–Crippen LogP) is 2.80. The van der Waals surface area contributed by atoms with Crippen molar-refractivity contribution in [3.05, 3.63) is 23.8 Å². The van der Waals surface area contributed by atoms with Crippen LogP contribution in [0.15, 0.2) is 18.2 Å². The van der Waals surface area contributed by atoms with Gasteiger partial charge in [-0.1, -0.05) is 18.9 Å². The number of carbonyl (C=O) groups is 1. The number of rotatable bonds is 8. The second-order valence-electron chi connectivity index (χ2n) is 5.56. The fourth-order valence-corrected chi connectivity index (χ4v) is 2.39. The van der Waals surface area contributed by atoms with Crippen LogP contribution in [0.1, 0.15) is 44.1 Å². The highest BCUT2D eigenvalue weighted by molar-refractivity contribution is 5.85. The number of amides is 1. The van der Waals surface area contributed by atoms with E-state index >= 15 is 0 Å². The largest absolute Gasteiger partial charge is 0.490 e. The van der Waals surface area contributed by atoms with Crippen molar-refractivity contribution in [3.63, 3.8) is 0 Å². The van der Waals surface area contributed by atoms with Gasteiger partial charge in [-0.05, 0) is 37.1 Å². The summed E-state index contributed by atoms with van der Waals surface area (Å²) >= 11 is 0. The molecule has 0 spiro atoms. The summed E-state index contributed by atoms with van der Waals surface area (Å²) in [5, 5.41) is 2.95. The van der Waals surface area contributed by atoms with Crippen LogP contribution < -0.4 is 20.5 Å². The van der Waals surface area contributed by atoms with Crippen molar-refractivity contribution in [1.82, 2.24) is 5.32 Å². The van der Waals surface area contributed by atoms with Crippen LogP contribution in [0.4, 0.5) is 0 Å². The van der Waals surface area contributed by atoms with Crippen molar-refractivity contribution >= 4 is 18.3 Å². The van der Waals surface area contributed by atoms with Crippen molar-refractivity contribution in [2.24, 2.45) is 5.73 Å². The van der Waals surface area contributed by atoms with Gasteiger partial charge in [-0.25, -0.2) is 0 Å². The fraction of sp³-hybridized carbons (Fsp3) is 0.588. The molecular formula is C17H27ClN2O3. The van der Waals surface area contributed by atoms with Crippen LogP contribution >= 0.6 is 12.4 Å². The van der Waals surface area contributed by atoms with Gasteiger partial charge in [0.05, 0.1) is 13.2 Å². The topological polar surface area (TPSA) is 73.6 Å². The van der Waals surface area contributed by atoms with E-state index in [1.165, 1.54) is 0 Å². The molecule has 3 N–H and O–H groups in total. The van der Waals surface area contributed by atoms with E-state index in [2.05, 4.69) is 5.32 Å². The molecule has 0 aromatic heterocycles. The second-order valence-corrected chi connectivity index (χ2v) is 5.56. The fourth-order valence-electron chi connectivity index (χ4n) is 2.39. The Morgan fingerprint density at radius 3 is 2.61 bits per heavy atom. The molecule has 1 heterocycles. The lowest BCUT2D eigenvalue weighted by molar-refractivity contribution is -0.121. The predicted molar refractivity (Wildman–Crippen MR) is 93.3 cm³/mol. The molecule has 0 fully saturated rings. The van der Waals surface area contributed by atoms with Gasteiger partial charge >= 0.3 is 0 Å². The lowest BCUT2D eigenvalue weighted by Gasteiger charge is -2.10. The highest BCUT2D eigenvalue weighted by Gasteiger charge is 2.11. The van der Waals surface area contributed by atoms with Crippen molar-refractivity contribution < 1.29 is 14.3 Å². The Bertz CT molecular complexity index is 483. The zero-order chi connectivity index (χ0) is 15.6. The quantitative estimate of drug-likeness (QED) is 0.712. The smallest absolute Gasteiger partial charge is 0.220 e. The first-order valence-electron chi connectivity index (χ1n) is 8.15. The first-order chi connectivity index (χ1) is 10.8. The van der Waals surface area contributed by atoms with Crippen LogP contribution in [-0.4, -0.2) is 25.7 Å². The number of carbonyl (C=O) groups excluding carboxylic acids is 1. The van der Waals surface area contributed by atoms with Gasteiger partial charge in [-0.3, -0.25) is 4.79 Å². The zero-order valence-corrected chi connectivity index (χ0v) is 14.3. The zero-order valence-electron chi connectivity index (χ0n) is 13.5. The molecule has 0 atom stereocenters. The number of halogens is 1. The van der Waals surface area contributed by atoms with E-state index in [1.807, 2.05) is 18.2 Å². The molecule has 0 saturated carbocycles. The number of nitrogens with one attached hydrogen (secondary N) is 1. The Balaban J connectivity index is 0.00000264. The first-order valence-corrected chi connectivity index (χ1v) is 8.15. The standard InChI is InChI=1S/C17H26N2O3.ClH/c18-9-4-2-1-3-6-17(20)19-13-14-7-8-15-16(12-14)22-11-5-10-21-15;/h7-8,12H,1-6,9-11,13,18H2,(H,19,20);1H. The van der Waals surface area contributed by atoms with E-state index < -0.39 is 0 Å². The van der Waals surface area contributed by atoms with E-state index in [0.29, 0.717) is 26.2 Å². The molecule has 23 heavy (non-hydrogen) atoms. The van der Waals surface area contributed by atoms with E-state index in [9.17, 15) is 4.79 Å². The molecule has 130 valence electrons. The summed E-state index contributed by atoms with van der Waals surface area (Å²) in [6.45, 7) is 2.62. The van der Waals surface area contributed by atoms with Gasteiger partial charge in [0.25, 0.3) is 0 Å². The van der Waals surface area contributed by atoms with Gasteiger partial charge in [0.15, 0.2) is 11.5 Å². The number of hydrogen-bond acceptors (Lipinski definition) is 4. The molecule has 0 unspecified atom stereocenters. The third-order valence-electron chi connectivity index (χ3n) is 3.66. The number of fused-ring (bicyclic) bond motifs is 1. The van der Waals surface area contributed by atoms with Crippen LogP contribution in [0, 0.1) is 0 Å². The van der Waals surface area contributed by atoms with Gasteiger partial charge < -0.3 is 20.5 Å². The van der Waals surface area contributed by atoms with E-state index in [0.717, 1.165) is 55.7 Å². The molecule has 1 aliphatic rings. The molecule has 0 bridgehead atoms. The average molecular weight is 343 g/mol. The van der Waals surface area contributed by atoms with E-state index in [4.69, 9.17) is 15.2 Å². The van der Waals surface area contributed by atoms with Crippen LogP contribution in [0.2, 0.25) is 0 Å². The van der Waals surface area contributed by atoms with Crippen LogP contribution in [0.5, 0.6) is 11.5 Å². The van der Waals surface area contributed by atoms with Crippen molar-refractivity contribution in [2.45, 2.75) is 45.1 Å². The summed E-state index contributed by atoms with van der Waals surface area (Å²) in [7, 11) is 0. The Labute approximate surface area is 144 Å². The van der Waals surface area contributed by atoms with Crippen molar-refractivity contribution in [1.29, 1.82) is 0 Å². The SMILES string of the molecule is Cl.NCCCCCCC(=O)NCc1ccc2c(c1)OCCCO2. The first kappa shape index (κ1) is 19.6. The van der Waals surface area contributed by atoms with Gasteiger partial charge in [-0.15, -0.1) is 12.4 Å². The van der Waals surface area contributed by atoms with Crippen molar-refractivity contribution in [2.75, 3.05) is 19.8 Å². The molecule has 0 aliphatic carbocycles. The van der Waals surface area contributed by atoms with Crippen LogP contribution in [0.3, 0.4) is 0 Å². The molecule has 0 saturated heterocycles. The molecule has 1 aromatic carbocycles. The maximum atomic E-state index is 11.8. The highest BCUT2D eigenvalue weighted by atomic mass is 35.5. The third kappa shape index (κ3) is 7.10. The number of unbranched alkanes of at least 4 members (excludes halogenated alkanes) is 3. The van der Waals surface area contributed by atoms with Gasteiger partial charge in [-0.2, -0.15) is 0 Å². The number of hydrogen-bond donors (Lipinski definition) is 2. The molecule has 6 heteroatoms. The Morgan fingerprint density at radius 1 is 1.09 bits per heavy atom. The second kappa shape index (κ2) is 11.1. The normalized spacial score (nSPS) is 12.9. The maximum Gasteiger partial charge on any atom is 0.220 e. The molecule has 1 aromatic rings. The van der Waals surface area contributed by atoms with E-state index in [1.54, 1.807) is 0 Å². The number of benzene rings is 1. The Kier molecular flexibility index (Phi) is 9.48. The van der Waals surface area contributed by atoms with Crippen molar-refractivity contribution in [3.8, 4) is 11.5 Å². The minimum absolute atomic E-state index is 0. The third-order valence-corrected chi connectivity index (χ3v) is 3.66. The lowest BCUT2D eigenvalue weighted by atomic mass is 10.1. The molecular weight excluding hydrogens is 316 g/mol. The number of ether oxygens (including phenoxy) is 2. The minimum Gasteiger partial charge on any atom is -0.490 e.